The van der Waals surface area contributed by atoms with Crippen LogP contribution in [0.15, 0.2) is 35.9 Å². The van der Waals surface area contributed by atoms with Gasteiger partial charge in [-0.2, -0.15) is 0 Å². The molecule has 1 aromatic rings. The third kappa shape index (κ3) is 3.21. The van der Waals surface area contributed by atoms with Crippen molar-refractivity contribution in [2.75, 3.05) is 11.4 Å². The van der Waals surface area contributed by atoms with Crippen LogP contribution in [0.4, 0.5) is 14.9 Å². The molecular weight excluding hydrogens is 417 g/mol. The van der Waals surface area contributed by atoms with Gasteiger partial charge >= 0.3 is 6.09 Å². The Balaban J connectivity index is 1.23. The minimum atomic E-state index is -0.300. The van der Waals surface area contributed by atoms with Gasteiger partial charge in [-0.15, -0.1) is 0 Å². The van der Waals surface area contributed by atoms with Gasteiger partial charge in [0, 0.05) is 11.6 Å². The first-order chi connectivity index (χ1) is 15.8. The molecule has 4 nitrogen and oxygen atoms in total. The standard InChI is InChI=1S/C28H36FNO3/c1-27-13-11-20(31)15-17(27)3-8-21-22-9-10-24(28(22,2)14-12-23(21)27)25-16-30(26(32)33-25)19-6-4-18(29)5-7-19/h3-7,20-25,31H,8-16H2,1-2H3/t20-,21-,22-,23-,24+,25+,27-,28-/m0/s1. The number of amides is 1. The molecule has 33 heavy (non-hydrogen) atoms. The summed E-state index contributed by atoms with van der Waals surface area (Å²) in [7, 11) is 0. The first kappa shape index (κ1) is 21.6. The molecule has 1 N–H and O–H groups in total. The van der Waals surface area contributed by atoms with E-state index in [1.807, 2.05) is 0 Å². The number of fused-ring (bicyclic) bond motifs is 5. The van der Waals surface area contributed by atoms with Crippen LogP contribution in [0.1, 0.15) is 65.2 Å². The summed E-state index contributed by atoms with van der Waals surface area (Å²) in [4.78, 5) is 14.4. The number of allylic oxidation sites excluding steroid dienone is 1. The summed E-state index contributed by atoms with van der Waals surface area (Å²) in [6, 6.07) is 6.13. The maximum atomic E-state index is 13.4. The lowest BCUT2D eigenvalue weighted by molar-refractivity contribution is -0.0657. The molecule has 1 saturated heterocycles. The van der Waals surface area contributed by atoms with Crippen molar-refractivity contribution in [3.05, 3.63) is 41.7 Å². The number of aliphatic hydroxyl groups excluding tert-OH is 1. The van der Waals surface area contributed by atoms with E-state index in [0.29, 0.717) is 35.9 Å². The zero-order valence-electron chi connectivity index (χ0n) is 19.8. The van der Waals surface area contributed by atoms with Crippen LogP contribution in [0.3, 0.4) is 0 Å². The second kappa shape index (κ2) is 7.56. The minimum Gasteiger partial charge on any atom is -0.444 e. The van der Waals surface area contributed by atoms with Crippen molar-refractivity contribution in [1.82, 2.24) is 0 Å². The molecule has 5 aliphatic rings. The van der Waals surface area contributed by atoms with Gasteiger partial charge in [0.15, 0.2) is 0 Å². The molecule has 1 aromatic carbocycles. The summed E-state index contributed by atoms with van der Waals surface area (Å²) in [6.07, 6.45) is 10.7. The Morgan fingerprint density at radius 2 is 1.79 bits per heavy atom. The third-order valence-electron chi connectivity index (χ3n) is 10.6. The number of benzene rings is 1. The van der Waals surface area contributed by atoms with Crippen LogP contribution in [-0.4, -0.2) is 30.0 Å². The average molecular weight is 454 g/mol. The van der Waals surface area contributed by atoms with E-state index in [2.05, 4.69) is 19.9 Å². The van der Waals surface area contributed by atoms with Crippen molar-refractivity contribution in [2.24, 2.45) is 34.5 Å². The van der Waals surface area contributed by atoms with Crippen LogP contribution >= 0.6 is 0 Å². The number of aliphatic hydroxyl groups is 1. The Morgan fingerprint density at radius 1 is 1.03 bits per heavy atom. The molecular formula is C28H36FNO3. The van der Waals surface area contributed by atoms with Gasteiger partial charge in [-0.1, -0.05) is 25.5 Å². The molecule has 1 heterocycles. The van der Waals surface area contributed by atoms with Gasteiger partial charge in [-0.3, -0.25) is 4.90 Å². The monoisotopic (exact) mass is 453 g/mol. The van der Waals surface area contributed by atoms with E-state index in [1.165, 1.54) is 37.0 Å². The minimum absolute atomic E-state index is 0.0933. The molecule has 0 aromatic heterocycles. The van der Waals surface area contributed by atoms with Crippen molar-refractivity contribution >= 4 is 11.8 Å². The molecule has 6 rings (SSSR count). The van der Waals surface area contributed by atoms with Crippen molar-refractivity contribution in [1.29, 1.82) is 0 Å². The van der Waals surface area contributed by atoms with Gasteiger partial charge in [0.1, 0.15) is 11.9 Å². The van der Waals surface area contributed by atoms with Gasteiger partial charge in [-0.05, 0) is 104 Å². The Kier molecular flexibility index (Phi) is 4.96. The molecule has 4 aliphatic carbocycles. The molecule has 0 spiro atoms. The molecule has 3 saturated carbocycles. The highest BCUT2D eigenvalue weighted by atomic mass is 19.1. The fourth-order valence-corrected chi connectivity index (χ4v) is 8.82. The maximum Gasteiger partial charge on any atom is 0.414 e. The lowest BCUT2D eigenvalue weighted by atomic mass is 9.47. The van der Waals surface area contributed by atoms with Crippen LogP contribution in [0.5, 0.6) is 0 Å². The van der Waals surface area contributed by atoms with Crippen LogP contribution in [0.2, 0.25) is 0 Å². The Labute approximate surface area is 196 Å². The van der Waals surface area contributed by atoms with E-state index in [4.69, 9.17) is 4.74 Å². The summed E-state index contributed by atoms with van der Waals surface area (Å²) >= 11 is 0. The summed E-state index contributed by atoms with van der Waals surface area (Å²) in [6.45, 7) is 5.49. The third-order valence-corrected chi connectivity index (χ3v) is 10.6. The molecule has 4 fully saturated rings. The number of ether oxygens (including phenoxy) is 1. The number of anilines is 1. The smallest absolute Gasteiger partial charge is 0.414 e. The number of cyclic esters (lactones) is 1. The van der Waals surface area contributed by atoms with Crippen molar-refractivity contribution in [3.8, 4) is 0 Å². The van der Waals surface area contributed by atoms with Gasteiger partial charge < -0.3 is 9.84 Å². The molecule has 0 radical (unpaired) electrons. The SMILES string of the molecule is C[C@]12CC[C@H]3[C@@H](CC=C4C[C@@H](O)CC[C@@]43C)[C@@H]1CC[C@@H]2[C@H]1CN(c2ccc(F)cc2)C(=O)O1. The topological polar surface area (TPSA) is 49.8 Å². The number of carbonyl (C=O) groups excluding carboxylic acids is 1. The molecule has 0 bridgehead atoms. The fraction of sp³-hybridized carbons (Fsp3) is 0.679. The van der Waals surface area contributed by atoms with E-state index in [1.54, 1.807) is 17.0 Å². The number of halogens is 1. The predicted molar refractivity (Wildman–Crippen MR) is 125 cm³/mol. The fourth-order valence-electron chi connectivity index (χ4n) is 8.82. The van der Waals surface area contributed by atoms with E-state index < -0.39 is 0 Å². The lowest BCUT2D eigenvalue weighted by Crippen LogP contribution is -2.51. The molecule has 178 valence electrons. The molecule has 8 atom stereocenters. The second-order valence-electron chi connectivity index (χ2n) is 11.9. The summed E-state index contributed by atoms with van der Waals surface area (Å²) in [5.41, 5.74) is 2.67. The number of hydrogen-bond acceptors (Lipinski definition) is 3. The highest BCUT2D eigenvalue weighted by Gasteiger charge is 2.61. The predicted octanol–water partition coefficient (Wildman–Crippen LogP) is 6.09. The average Bonchev–Trinajstić information content (AvgIpc) is 3.34. The zero-order chi connectivity index (χ0) is 23.0. The van der Waals surface area contributed by atoms with Crippen LogP contribution < -0.4 is 4.90 Å². The van der Waals surface area contributed by atoms with Gasteiger partial charge in [0.2, 0.25) is 0 Å². The largest absolute Gasteiger partial charge is 0.444 e. The van der Waals surface area contributed by atoms with Crippen molar-refractivity contribution in [2.45, 2.75) is 77.4 Å². The summed E-state index contributed by atoms with van der Waals surface area (Å²) in [5, 5.41) is 10.2. The molecule has 1 amide bonds. The highest BCUT2D eigenvalue weighted by molar-refractivity contribution is 5.89. The van der Waals surface area contributed by atoms with Crippen molar-refractivity contribution < 1.29 is 19.0 Å². The van der Waals surface area contributed by atoms with E-state index in [9.17, 15) is 14.3 Å². The quantitative estimate of drug-likeness (QED) is 0.551. The molecule has 5 heteroatoms. The second-order valence-corrected chi connectivity index (χ2v) is 11.9. The molecule has 1 aliphatic heterocycles. The van der Waals surface area contributed by atoms with E-state index in [-0.39, 0.29) is 34.9 Å². The number of hydrogen-bond donors (Lipinski definition) is 1. The number of rotatable bonds is 2. The maximum absolute atomic E-state index is 13.4. The van der Waals surface area contributed by atoms with Crippen molar-refractivity contribution in [3.63, 3.8) is 0 Å². The number of carbonyl (C=O) groups is 1. The highest BCUT2D eigenvalue weighted by Crippen LogP contribution is 2.67. The Bertz CT molecular complexity index is 976. The lowest BCUT2D eigenvalue weighted by Gasteiger charge is -2.58. The first-order valence-corrected chi connectivity index (χ1v) is 12.9. The van der Waals surface area contributed by atoms with Gasteiger partial charge in [0.25, 0.3) is 0 Å². The zero-order valence-corrected chi connectivity index (χ0v) is 19.8. The van der Waals surface area contributed by atoms with Crippen LogP contribution in [0, 0.1) is 40.3 Å². The first-order valence-electron chi connectivity index (χ1n) is 12.9. The Morgan fingerprint density at radius 3 is 2.58 bits per heavy atom. The number of nitrogens with zero attached hydrogens (tertiary/aromatic N) is 1. The summed E-state index contributed by atoms with van der Waals surface area (Å²) < 4.78 is 19.3. The normalized spacial score (nSPS) is 44.5. The van der Waals surface area contributed by atoms with E-state index >= 15 is 0 Å². The van der Waals surface area contributed by atoms with E-state index in [0.717, 1.165) is 32.1 Å². The summed E-state index contributed by atoms with van der Waals surface area (Å²) in [5.74, 6) is 2.16. The van der Waals surface area contributed by atoms with Crippen LogP contribution in [-0.2, 0) is 4.74 Å². The van der Waals surface area contributed by atoms with Gasteiger partial charge in [-0.25, -0.2) is 9.18 Å². The Hall–Kier alpha value is -1.88. The van der Waals surface area contributed by atoms with Crippen LogP contribution in [0.25, 0.3) is 0 Å². The van der Waals surface area contributed by atoms with Gasteiger partial charge in [0.05, 0.1) is 12.6 Å². The molecule has 0 unspecified atom stereocenters.